The van der Waals surface area contributed by atoms with Crippen LogP contribution in [0.1, 0.15) is 35.3 Å². The summed E-state index contributed by atoms with van der Waals surface area (Å²) in [5.41, 5.74) is 4.17. The van der Waals surface area contributed by atoms with Crippen LogP contribution in [-0.2, 0) is 10.3 Å². The zero-order valence-electron chi connectivity index (χ0n) is 19.0. The number of nitrogens with zero attached hydrogens (tertiary/aromatic N) is 1. The Morgan fingerprint density at radius 2 is 1.89 bits per heavy atom. The summed E-state index contributed by atoms with van der Waals surface area (Å²) in [5.74, 6) is -0.00582. The van der Waals surface area contributed by atoms with Crippen molar-refractivity contribution < 1.29 is 14.6 Å². The Hall–Kier alpha value is -1.40. The molecular formula is C26H24BrIN2O3S2. The topological polar surface area (TPSA) is 70.9 Å². The normalized spacial score (nSPS) is 23.4. The Morgan fingerprint density at radius 3 is 2.46 bits per heavy atom. The van der Waals surface area contributed by atoms with Gasteiger partial charge < -0.3 is 9.84 Å². The van der Waals surface area contributed by atoms with E-state index in [0.29, 0.717) is 11.6 Å². The molecular weight excluding hydrogens is 659 g/mol. The van der Waals surface area contributed by atoms with Crippen LogP contribution in [0.3, 0.4) is 0 Å². The third kappa shape index (κ3) is 4.94. The van der Waals surface area contributed by atoms with Gasteiger partial charge in [0, 0.05) is 25.1 Å². The molecule has 2 heterocycles. The van der Waals surface area contributed by atoms with Crippen LogP contribution in [0.15, 0.2) is 69.4 Å². The van der Waals surface area contributed by atoms with E-state index in [2.05, 4.69) is 81.1 Å². The fraction of sp³-hybridized carbons (Fsp3) is 0.308. The molecule has 2 unspecified atom stereocenters. The third-order valence-electron chi connectivity index (χ3n) is 6.51. The number of aliphatic hydroxyl groups excluding tert-OH is 1. The van der Waals surface area contributed by atoms with E-state index in [1.165, 1.54) is 34.0 Å². The highest BCUT2D eigenvalue weighted by atomic mass is 127. The summed E-state index contributed by atoms with van der Waals surface area (Å²) in [6.45, 7) is 2.29. The van der Waals surface area contributed by atoms with Crippen molar-refractivity contribution in [2.24, 2.45) is 4.99 Å². The SMILES string of the molecule is CC1(c2cc(Br)cs2)CC(CO)(CI)SC(NC(=O)OCC2c3ccccc3-c3ccccc32)=N1. The molecule has 0 saturated carbocycles. The molecule has 2 aromatic carbocycles. The van der Waals surface area contributed by atoms with Gasteiger partial charge in [0.25, 0.3) is 0 Å². The molecule has 0 fully saturated rings. The summed E-state index contributed by atoms with van der Waals surface area (Å²) in [5, 5.41) is 15.7. The minimum atomic E-state index is -0.554. The fourth-order valence-corrected chi connectivity index (χ4v) is 8.65. The number of hydrogen-bond donors (Lipinski definition) is 2. The smallest absolute Gasteiger partial charge is 0.413 e. The second kappa shape index (κ2) is 10.2. The van der Waals surface area contributed by atoms with E-state index < -0.39 is 16.4 Å². The second-order valence-electron chi connectivity index (χ2n) is 9.02. The molecule has 1 amide bonds. The minimum Gasteiger partial charge on any atom is -0.448 e. The number of rotatable bonds is 5. The fourth-order valence-electron chi connectivity index (χ4n) is 4.87. The lowest BCUT2D eigenvalue weighted by Crippen LogP contribution is -2.47. The van der Waals surface area contributed by atoms with Crippen LogP contribution in [0, 0.1) is 0 Å². The summed E-state index contributed by atoms with van der Waals surface area (Å²) in [6.07, 6.45) is 0.141. The lowest BCUT2D eigenvalue weighted by Gasteiger charge is -2.41. The van der Waals surface area contributed by atoms with Gasteiger partial charge in [-0.1, -0.05) is 82.9 Å². The number of aliphatic hydroxyl groups is 1. The van der Waals surface area contributed by atoms with Crippen molar-refractivity contribution in [2.45, 2.75) is 29.5 Å². The maximum Gasteiger partial charge on any atom is 0.413 e. The molecule has 1 aliphatic carbocycles. The minimum absolute atomic E-state index is 0.00582. The molecule has 2 N–H and O–H groups in total. The van der Waals surface area contributed by atoms with Gasteiger partial charge in [0.15, 0.2) is 5.17 Å². The van der Waals surface area contributed by atoms with Crippen LogP contribution in [0.4, 0.5) is 4.79 Å². The predicted molar refractivity (Wildman–Crippen MR) is 156 cm³/mol. The van der Waals surface area contributed by atoms with Crippen molar-refractivity contribution in [3.8, 4) is 11.1 Å². The van der Waals surface area contributed by atoms with E-state index in [0.717, 1.165) is 13.8 Å². The number of thioether (sulfide) groups is 1. The van der Waals surface area contributed by atoms with Crippen molar-refractivity contribution in [3.63, 3.8) is 0 Å². The zero-order valence-corrected chi connectivity index (χ0v) is 24.3. The highest BCUT2D eigenvalue weighted by Crippen LogP contribution is 2.48. The zero-order chi connectivity index (χ0) is 24.6. The maximum absolute atomic E-state index is 12.9. The molecule has 182 valence electrons. The van der Waals surface area contributed by atoms with Crippen LogP contribution >= 0.6 is 61.6 Å². The molecule has 5 rings (SSSR count). The first-order valence-electron chi connectivity index (χ1n) is 11.2. The average molecular weight is 683 g/mol. The average Bonchev–Trinajstić information content (AvgIpc) is 3.44. The molecule has 3 aromatic rings. The van der Waals surface area contributed by atoms with Crippen molar-refractivity contribution in [2.75, 3.05) is 17.6 Å². The van der Waals surface area contributed by atoms with E-state index >= 15 is 0 Å². The standard InChI is InChI=1S/C26H24BrIN2O3S2/c1-25(22-10-16(27)12-34-22)13-26(14-28,15-31)35-23(30-25)29-24(32)33-11-21-19-8-4-2-6-17(19)18-7-3-5-9-20(18)21/h2-10,12,21,31H,11,13-15H2,1H3,(H,29,30,32). The van der Waals surface area contributed by atoms with Gasteiger partial charge in [-0.25, -0.2) is 4.79 Å². The van der Waals surface area contributed by atoms with Crippen molar-refractivity contribution >= 4 is 72.9 Å². The monoisotopic (exact) mass is 682 g/mol. The van der Waals surface area contributed by atoms with E-state index in [1.807, 2.05) is 29.6 Å². The molecule has 5 nitrogen and oxygen atoms in total. The number of amides is 1. The Bertz CT molecular complexity index is 1250. The van der Waals surface area contributed by atoms with Gasteiger partial charge in [-0.2, -0.15) is 0 Å². The van der Waals surface area contributed by atoms with Crippen LogP contribution in [0.25, 0.3) is 11.1 Å². The Kier molecular flexibility index (Phi) is 7.33. The van der Waals surface area contributed by atoms with E-state index in [4.69, 9.17) is 9.73 Å². The number of thiophene rings is 1. The summed E-state index contributed by atoms with van der Waals surface area (Å²) >= 11 is 8.87. The van der Waals surface area contributed by atoms with Gasteiger partial charge in [0.2, 0.25) is 0 Å². The van der Waals surface area contributed by atoms with Crippen LogP contribution in [0.5, 0.6) is 0 Å². The summed E-state index contributed by atoms with van der Waals surface area (Å²) in [4.78, 5) is 18.9. The summed E-state index contributed by atoms with van der Waals surface area (Å²) in [6, 6.07) is 18.6. The predicted octanol–water partition coefficient (Wildman–Crippen LogP) is 6.92. The van der Waals surface area contributed by atoms with Gasteiger partial charge in [-0.3, -0.25) is 10.3 Å². The Morgan fingerprint density at radius 1 is 1.23 bits per heavy atom. The number of alkyl carbamates (subject to hydrolysis) is 1. The van der Waals surface area contributed by atoms with Crippen LogP contribution in [0.2, 0.25) is 0 Å². The third-order valence-corrected chi connectivity index (χ3v) is 11.7. The maximum atomic E-state index is 12.9. The van der Waals surface area contributed by atoms with Gasteiger partial charge in [0.05, 0.1) is 16.9 Å². The highest BCUT2D eigenvalue weighted by Gasteiger charge is 2.45. The first-order chi connectivity index (χ1) is 16.9. The van der Waals surface area contributed by atoms with Gasteiger partial charge >= 0.3 is 6.09 Å². The molecule has 1 aliphatic heterocycles. The van der Waals surface area contributed by atoms with Crippen molar-refractivity contribution in [3.05, 3.63) is 80.5 Å². The van der Waals surface area contributed by atoms with E-state index in [-0.39, 0.29) is 19.1 Å². The highest BCUT2D eigenvalue weighted by molar-refractivity contribution is 14.1. The first-order valence-corrected chi connectivity index (χ1v) is 15.2. The molecule has 0 radical (unpaired) electrons. The van der Waals surface area contributed by atoms with E-state index in [1.54, 1.807) is 11.3 Å². The largest absolute Gasteiger partial charge is 0.448 e. The summed E-state index contributed by atoms with van der Waals surface area (Å²) in [7, 11) is 0. The molecule has 0 spiro atoms. The lowest BCUT2D eigenvalue weighted by molar-refractivity contribution is 0.148. The molecule has 2 atom stereocenters. The first kappa shape index (κ1) is 25.3. The molecule has 35 heavy (non-hydrogen) atoms. The molecule has 2 aliphatic rings. The van der Waals surface area contributed by atoms with Crippen LogP contribution < -0.4 is 5.32 Å². The van der Waals surface area contributed by atoms with E-state index in [9.17, 15) is 9.90 Å². The number of aliphatic imine (C=N–C) groups is 1. The summed E-state index contributed by atoms with van der Waals surface area (Å²) < 4.78 is 7.02. The number of amidine groups is 1. The Balaban J connectivity index is 1.35. The number of nitrogens with one attached hydrogen (secondary N) is 1. The number of fused-ring (bicyclic) bond motifs is 3. The molecule has 9 heteroatoms. The number of carbonyl (C=O) groups excluding carboxylic acids is 1. The van der Waals surface area contributed by atoms with Gasteiger partial charge in [0.1, 0.15) is 6.61 Å². The molecule has 0 bridgehead atoms. The molecule has 0 saturated heterocycles. The number of alkyl halides is 1. The van der Waals surface area contributed by atoms with Crippen molar-refractivity contribution in [1.29, 1.82) is 0 Å². The quantitative estimate of drug-likeness (QED) is 0.226. The lowest BCUT2D eigenvalue weighted by atomic mass is 9.88. The van der Waals surface area contributed by atoms with Crippen molar-refractivity contribution in [1.82, 2.24) is 5.32 Å². The number of benzene rings is 2. The number of halogens is 2. The molecule has 1 aromatic heterocycles. The van der Waals surface area contributed by atoms with Gasteiger partial charge in [-0.15, -0.1) is 11.3 Å². The Labute approximate surface area is 235 Å². The van der Waals surface area contributed by atoms with Gasteiger partial charge in [-0.05, 0) is 57.6 Å². The number of carbonyl (C=O) groups is 1. The number of hydrogen-bond acceptors (Lipinski definition) is 6. The second-order valence-corrected chi connectivity index (χ2v) is 13.1. The van der Waals surface area contributed by atoms with Crippen LogP contribution in [-0.4, -0.2) is 38.8 Å². The number of ether oxygens (including phenoxy) is 1.